The minimum atomic E-state index is -4.39. The summed E-state index contributed by atoms with van der Waals surface area (Å²) >= 11 is 0. The van der Waals surface area contributed by atoms with Gasteiger partial charge in [-0.25, -0.2) is 4.68 Å². The molecule has 1 aromatic heterocycles. The van der Waals surface area contributed by atoms with Crippen molar-refractivity contribution in [2.24, 2.45) is 0 Å². The van der Waals surface area contributed by atoms with Crippen molar-refractivity contribution in [1.29, 1.82) is 0 Å². The van der Waals surface area contributed by atoms with Crippen molar-refractivity contribution in [3.05, 3.63) is 48.3 Å². The third-order valence-corrected chi connectivity index (χ3v) is 3.46. The Balaban J connectivity index is 1.86. The van der Waals surface area contributed by atoms with Gasteiger partial charge in [-0.15, -0.1) is 0 Å². The number of halogens is 3. The fourth-order valence-corrected chi connectivity index (χ4v) is 2.31. The van der Waals surface area contributed by atoms with Crippen LogP contribution in [0.25, 0.3) is 5.69 Å². The monoisotopic (exact) mass is 309 g/mol. The highest BCUT2D eigenvalue weighted by molar-refractivity contribution is 5.95. The maximum Gasteiger partial charge on any atom is 0.406 e. The van der Waals surface area contributed by atoms with Crippen LogP contribution in [0.1, 0.15) is 23.2 Å². The Morgan fingerprint density at radius 1 is 1.32 bits per heavy atom. The van der Waals surface area contributed by atoms with Crippen molar-refractivity contribution < 1.29 is 18.0 Å². The molecule has 0 saturated heterocycles. The highest BCUT2D eigenvalue weighted by Crippen LogP contribution is 2.31. The second kappa shape index (κ2) is 5.47. The van der Waals surface area contributed by atoms with Gasteiger partial charge in [0.25, 0.3) is 5.91 Å². The molecule has 1 saturated carbocycles. The number of amides is 1. The number of nitrogens with zero attached hydrogens (tertiary/aromatic N) is 3. The van der Waals surface area contributed by atoms with E-state index < -0.39 is 18.6 Å². The molecule has 2 aromatic rings. The average Bonchev–Trinajstić information content (AvgIpc) is 3.17. The van der Waals surface area contributed by atoms with E-state index in [0.29, 0.717) is 18.5 Å². The molecule has 22 heavy (non-hydrogen) atoms. The molecule has 0 unspecified atom stereocenters. The zero-order chi connectivity index (χ0) is 15.7. The fourth-order valence-electron chi connectivity index (χ4n) is 2.31. The average molecular weight is 309 g/mol. The van der Waals surface area contributed by atoms with Gasteiger partial charge in [0.1, 0.15) is 6.54 Å². The van der Waals surface area contributed by atoms with Gasteiger partial charge in [-0.05, 0) is 37.1 Å². The number of carbonyl (C=O) groups is 1. The molecule has 7 heteroatoms. The Labute approximate surface area is 125 Å². The molecule has 0 atom stereocenters. The van der Waals surface area contributed by atoms with Crippen molar-refractivity contribution in [3.63, 3.8) is 0 Å². The van der Waals surface area contributed by atoms with Gasteiger partial charge >= 0.3 is 6.18 Å². The Morgan fingerprint density at radius 3 is 2.68 bits per heavy atom. The number of aromatic nitrogens is 2. The van der Waals surface area contributed by atoms with E-state index in [1.165, 1.54) is 6.07 Å². The summed E-state index contributed by atoms with van der Waals surface area (Å²) in [4.78, 5) is 13.3. The first-order valence-electron chi connectivity index (χ1n) is 6.92. The van der Waals surface area contributed by atoms with Crippen LogP contribution in [0.15, 0.2) is 42.7 Å². The molecule has 4 nitrogen and oxygen atoms in total. The molecule has 1 fully saturated rings. The van der Waals surface area contributed by atoms with Gasteiger partial charge < -0.3 is 4.90 Å². The van der Waals surface area contributed by atoms with E-state index in [0.717, 1.165) is 4.90 Å². The Kier molecular flexibility index (Phi) is 3.64. The van der Waals surface area contributed by atoms with Crippen LogP contribution in [0.3, 0.4) is 0 Å². The van der Waals surface area contributed by atoms with Crippen LogP contribution in [-0.4, -0.2) is 39.4 Å². The lowest BCUT2D eigenvalue weighted by Gasteiger charge is -2.24. The molecular formula is C15H14F3N3O. The summed E-state index contributed by atoms with van der Waals surface area (Å²) in [5.74, 6) is -0.589. The van der Waals surface area contributed by atoms with Crippen LogP contribution < -0.4 is 0 Å². The van der Waals surface area contributed by atoms with E-state index >= 15 is 0 Å². The van der Waals surface area contributed by atoms with Crippen LogP contribution in [0.4, 0.5) is 13.2 Å². The van der Waals surface area contributed by atoms with Gasteiger partial charge in [0, 0.05) is 24.0 Å². The molecule has 1 aliphatic rings. The number of benzene rings is 1. The third kappa shape index (κ3) is 3.29. The number of rotatable bonds is 4. The summed E-state index contributed by atoms with van der Waals surface area (Å²) in [7, 11) is 0. The Hall–Kier alpha value is -2.31. The first kappa shape index (κ1) is 14.6. The molecule has 0 aliphatic heterocycles. The topological polar surface area (TPSA) is 38.1 Å². The van der Waals surface area contributed by atoms with E-state index in [4.69, 9.17) is 0 Å². The van der Waals surface area contributed by atoms with Gasteiger partial charge in [0.15, 0.2) is 0 Å². The molecule has 1 aliphatic carbocycles. The van der Waals surface area contributed by atoms with Crippen LogP contribution in [-0.2, 0) is 0 Å². The van der Waals surface area contributed by atoms with Crippen LogP contribution in [0.2, 0.25) is 0 Å². The highest BCUT2D eigenvalue weighted by atomic mass is 19.4. The van der Waals surface area contributed by atoms with E-state index in [9.17, 15) is 18.0 Å². The smallest absolute Gasteiger partial charge is 0.327 e. The number of carbonyl (C=O) groups excluding carboxylic acids is 1. The first-order valence-corrected chi connectivity index (χ1v) is 6.92. The van der Waals surface area contributed by atoms with E-state index in [1.54, 1.807) is 41.3 Å². The van der Waals surface area contributed by atoms with E-state index in [-0.39, 0.29) is 11.6 Å². The van der Waals surface area contributed by atoms with Gasteiger partial charge in [-0.2, -0.15) is 18.3 Å². The molecule has 1 amide bonds. The fraction of sp³-hybridized carbons (Fsp3) is 0.333. The quantitative estimate of drug-likeness (QED) is 0.870. The molecule has 0 bridgehead atoms. The lowest BCUT2D eigenvalue weighted by atomic mass is 10.1. The number of hydrogen-bond donors (Lipinski definition) is 0. The summed E-state index contributed by atoms with van der Waals surface area (Å²) < 4.78 is 39.6. The minimum absolute atomic E-state index is 0.240. The van der Waals surface area contributed by atoms with Crippen molar-refractivity contribution in [2.45, 2.75) is 25.1 Å². The lowest BCUT2D eigenvalue weighted by molar-refractivity contribution is -0.141. The zero-order valence-electron chi connectivity index (χ0n) is 11.6. The second-order valence-electron chi connectivity index (χ2n) is 5.28. The maximum absolute atomic E-state index is 12.7. The van der Waals surface area contributed by atoms with Crippen LogP contribution >= 0.6 is 0 Å². The van der Waals surface area contributed by atoms with Gasteiger partial charge in [-0.1, -0.05) is 6.07 Å². The van der Waals surface area contributed by atoms with Crippen molar-refractivity contribution in [3.8, 4) is 5.69 Å². The summed E-state index contributed by atoms with van der Waals surface area (Å²) in [5.41, 5.74) is 0.878. The molecular weight excluding hydrogens is 295 g/mol. The van der Waals surface area contributed by atoms with Crippen molar-refractivity contribution in [2.75, 3.05) is 6.54 Å². The predicted molar refractivity (Wildman–Crippen MR) is 73.7 cm³/mol. The van der Waals surface area contributed by atoms with Crippen molar-refractivity contribution >= 4 is 5.91 Å². The van der Waals surface area contributed by atoms with Crippen molar-refractivity contribution in [1.82, 2.24) is 14.7 Å². The highest BCUT2D eigenvalue weighted by Gasteiger charge is 2.40. The molecule has 0 radical (unpaired) electrons. The molecule has 0 N–H and O–H groups in total. The standard InChI is InChI=1S/C15H14F3N3O/c16-15(17,18)10-20(12-5-6-12)14(22)11-3-1-4-13(9-11)21-8-2-7-19-21/h1-4,7-9,12H,5-6,10H2. The molecule has 1 aromatic carbocycles. The zero-order valence-corrected chi connectivity index (χ0v) is 11.6. The Bertz CT molecular complexity index is 663. The second-order valence-corrected chi connectivity index (χ2v) is 5.28. The molecule has 116 valence electrons. The maximum atomic E-state index is 12.7. The van der Waals surface area contributed by atoms with E-state index in [2.05, 4.69) is 5.10 Å². The number of alkyl halides is 3. The Morgan fingerprint density at radius 2 is 2.09 bits per heavy atom. The lowest BCUT2D eigenvalue weighted by Crippen LogP contribution is -2.40. The minimum Gasteiger partial charge on any atom is -0.327 e. The summed E-state index contributed by atoms with van der Waals surface area (Å²) in [6.07, 6.45) is 0.159. The molecule has 0 spiro atoms. The van der Waals surface area contributed by atoms with Crippen LogP contribution in [0.5, 0.6) is 0 Å². The van der Waals surface area contributed by atoms with Gasteiger partial charge in [0.2, 0.25) is 0 Å². The first-order chi connectivity index (χ1) is 10.4. The predicted octanol–water partition coefficient (Wildman–Crippen LogP) is 3.04. The SMILES string of the molecule is O=C(c1cccc(-n2cccn2)c1)N(CC(F)(F)F)C1CC1. The van der Waals surface area contributed by atoms with Gasteiger partial charge in [-0.3, -0.25) is 4.79 Å². The summed E-state index contributed by atoms with van der Waals surface area (Å²) in [6.45, 7) is -1.21. The molecule has 3 rings (SSSR count). The van der Waals surface area contributed by atoms with E-state index in [1.807, 2.05) is 0 Å². The summed E-state index contributed by atoms with van der Waals surface area (Å²) in [6, 6.07) is 7.90. The normalized spacial score (nSPS) is 14.9. The summed E-state index contributed by atoms with van der Waals surface area (Å²) in [5, 5.41) is 4.05. The largest absolute Gasteiger partial charge is 0.406 e. The molecule has 1 heterocycles. The van der Waals surface area contributed by atoms with Crippen LogP contribution in [0, 0.1) is 0 Å². The third-order valence-electron chi connectivity index (χ3n) is 3.46. The van der Waals surface area contributed by atoms with Gasteiger partial charge in [0.05, 0.1) is 5.69 Å². The number of hydrogen-bond acceptors (Lipinski definition) is 2.